The lowest BCUT2D eigenvalue weighted by Crippen LogP contribution is -2.47. The molecule has 2 aliphatic rings. The number of carbonyl (C=O) groups is 2. The molecule has 6 nitrogen and oxygen atoms in total. The lowest BCUT2D eigenvalue weighted by molar-refractivity contribution is -0.137. The molecule has 0 aromatic carbocycles. The van der Waals surface area contributed by atoms with Crippen LogP contribution in [0.4, 0.5) is 0 Å². The maximum absolute atomic E-state index is 12.4. The normalized spacial score (nSPS) is 18.1. The van der Waals surface area contributed by atoms with Crippen LogP contribution in [-0.2, 0) is 29.0 Å². The highest BCUT2D eigenvalue weighted by Crippen LogP contribution is 2.19. The second-order valence-electron chi connectivity index (χ2n) is 6.31. The first-order chi connectivity index (χ1) is 11.1. The quantitative estimate of drug-likeness (QED) is 0.846. The fourth-order valence-corrected chi connectivity index (χ4v) is 3.54. The second-order valence-corrected chi connectivity index (χ2v) is 6.31. The Morgan fingerprint density at radius 2 is 2.13 bits per heavy atom. The standard InChI is InChI=1S/C17H23N3O3/c1-2-14(20-8-4-7-15(20)21)17(23)18-10-12-9-11-5-3-6-13(11)19-16(12)22/h9,14H,2-8,10H2,1H3,(H,18,23)(H,19,22)/t14-/m0/s1. The molecule has 0 spiro atoms. The molecule has 0 saturated carbocycles. The van der Waals surface area contributed by atoms with Gasteiger partial charge >= 0.3 is 0 Å². The smallest absolute Gasteiger partial charge is 0.253 e. The Morgan fingerprint density at radius 1 is 1.30 bits per heavy atom. The average Bonchev–Trinajstić information content (AvgIpc) is 3.15. The molecule has 1 fully saturated rings. The molecular weight excluding hydrogens is 294 g/mol. The van der Waals surface area contributed by atoms with Crippen LogP contribution >= 0.6 is 0 Å². The Bertz CT molecular complexity index is 680. The Labute approximate surface area is 135 Å². The Kier molecular flexibility index (Phi) is 4.50. The number of hydrogen-bond acceptors (Lipinski definition) is 3. The number of carbonyl (C=O) groups excluding carboxylic acids is 2. The van der Waals surface area contributed by atoms with Crippen molar-refractivity contribution in [3.8, 4) is 0 Å². The summed E-state index contributed by atoms with van der Waals surface area (Å²) < 4.78 is 0. The number of aromatic nitrogens is 1. The van der Waals surface area contributed by atoms with Crippen molar-refractivity contribution in [1.29, 1.82) is 0 Å². The van der Waals surface area contributed by atoms with Crippen molar-refractivity contribution in [3.63, 3.8) is 0 Å². The van der Waals surface area contributed by atoms with E-state index >= 15 is 0 Å². The summed E-state index contributed by atoms with van der Waals surface area (Å²) in [6.45, 7) is 2.75. The first kappa shape index (κ1) is 15.8. The number of pyridine rings is 1. The monoisotopic (exact) mass is 317 g/mol. The van der Waals surface area contributed by atoms with E-state index in [9.17, 15) is 14.4 Å². The molecule has 1 aliphatic heterocycles. The number of amides is 2. The molecule has 2 heterocycles. The highest BCUT2D eigenvalue weighted by molar-refractivity contribution is 5.88. The lowest BCUT2D eigenvalue weighted by atomic mass is 10.1. The predicted molar refractivity (Wildman–Crippen MR) is 86.0 cm³/mol. The third-order valence-corrected chi connectivity index (χ3v) is 4.79. The number of likely N-dealkylation sites (tertiary alicyclic amines) is 1. The largest absolute Gasteiger partial charge is 0.350 e. The van der Waals surface area contributed by atoms with Crippen LogP contribution in [0.25, 0.3) is 0 Å². The molecule has 6 heteroatoms. The van der Waals surface area contributed by atoms with Gasteiger partial charge in [0.25, 0.3) is 5.56 Å². The van der Waals surface area contributed by atoms with E-state index in [0.29, 0.717) is 24.9 Å². The van der Waals surface area contributed by atoms with E-state index in [1.807, 2.05) is 13.0 Å². The van der Waals surface area contributed by atoms with E-state index in [0.717, 1.165) is 31.4 Å². The molecule has 1 atom stereocenters. The fraction of sp³-hybridized carbons (Fsp3) is 0.588. The topological polar surface area (TPSA) is 82.3 Å². The second kappa shape index (κ2) is 6.56. The maximum Gasteiger partial charge on any atom is 0.253 e. The van der Waals surface area contributed by atoms with Crippen molar-refractivity contribution in [1.82, 2.24) is 15.2 Å². The van der Waals surface area contributed by atoms with Crippen LogP contribution in [0.1, 0.15) is 49.4 Å². The number of fused-ring (bicyclic) bond motifs is 1. The van der Waals surface area contributed by atoms with Gasteiger partial charge in [0.15, 0.2) is 0 Å². The highest BCUT2D eigenvalue weighted by Gasteiger charge is 2.31. The van der Waals surface area contributed by atoms with E-state index in [1.165, 1.54) is 5.56 Å². The Balaban J connectivity index is 1.66. The van der Waals surface area contributed by atoms with Gasteiger partial charge in [-0.15, -0.1) is 0 Å². The zero-order chi connectivity index (χ0) is 16.4. The summed E-state index contributed by atoms with van der Waals surface area (Å²) in [5, 5.41) is 2.83. The van der Waals surface area contributed by atoms with Gasteiger partial charge in [0, 0.05) is 30.8 Å². The average molecular weight is 317 g/mol. The number of nitrogens with zero attached hydrogens (tertiary/aromatic N) is 1. The summed E-state index contributed by atoms with van der Waals surface area (Å²) in [6, 6.07) is 1.47. The van der Waals surface area contributed by atoms with Crippen LogP contribution in [0.5, 0.6) is 0 Å². The van der Waals surface area contributed by atoms with Gasteiger partial charge in [-0.05, 0) is 43.7 Å². The van der Waals surface area contributed by atoms with Gasteiger partial charge in [0.1, 0.15) is 6.04 Å². The molecular formula is C17H23N3O3. The molecule has 124 valence electrons. The van der Waals surface area contributed by atoms with Gasteiger partial charge in [-0.2, -0.15) is 0 Å². The SMILES string of the molecule is CC[C@@H](C(=O)NCc1cc2c([nH]c1=O)CCC2)N1CCCC1=O. The number of aromatic amines is 1. The highest BCUT2D eigenvalue weighted by atomic mass is 16.2. The van der Waals surface area contributed by atoms with Crippen molar-refractivity contribution in [2.75, 3.05) is 6.54 Å². The Morgan fingerprint density at radius 3 is 2.83 bits per heavy atom. The van der Waals surface area contributed by atoms with Gasteiger partial charge in [-0.3, -0.25) is 14.4 Å². The summed E-state index contributed by atoms with van der Waals surface area (Å²) in [5.74, 6) is -0.134. The maximum atomic E-state index is 12.4. The third kappa shape index (κ3) is 3.16. The molecule has 2 amide bonds. The van der Waals surface area contributed by atoms with E-state index in [2.05, 4.69) is 10.3 Å². The molecule has 0 bridgehead atoms. The number of nitrogens with one attached hydrogen (secondary N) is 2. The summed E-state index contributed by atoms with van der Waals surface area (Å²) in [7, 11) is 0. The molecule has 2 N–H and O–H groups in total. The van der Waals surface area contributed by atoms with Crippen LogP contribution in [0, 0.1) is 0 Å². The van der Waals surface area contributed by atoms with Crippen molar-refractivity contribution in [2.24, 2.45) is 0 Å². The van der Waals surface area contributed by atoms with Gasteiger partial charge in [-0.25, -0.2) is 0 Å². The van der Waals surface area contributed by atoms with Crippen LogP contribution in [-0.4, -0.2) is 34.3 Å². The van der Waals surface area contributed by atoms with Crippen molar-refractivity contribution >= 4 is 11.8 Å². The van der Waals surface area contributed by atoms with Crippen molar-refractivity contribution < 1.29 is 9.59 Å². The van der Waals surface area contributed by atoms with E-state index < -0.39 is 6.04 Å². The molecule has 3 rings (SSSR count). The van der Waals surface area contributed by atoms with Gasteiger partial charge in [0.05, 0.1) is 0 Å². The van der Waals surface area contributed by atoms with E-state index in [4.69, 9.17) is 0 Å². The van der Waals surface area contributed by atoms with Crippen LogP contribution in [0.3, 0.4) is 0 Å². The fourth-order valence-electron chi connectivity index (χ4n) is 3.54. The van der Waals surface area contributed by atoms with E-state index in [-0.39, 0.29) is 23.9 Å². The van der Waals surface area contributed by atoms with E-state index in [1.54, 1.807) is 4.90 Å². The Hall–Kier alpha value is -2.11. The van der Waals surface area contributed by atoms with Gasteiger partial charge in [-0.1, -0.05) is 6.92 Å². The summed E-state index contributed by atoms with van der Waals surface area (Å²) in [4.78, 5) is 40.9. The molecule has 23 heavy (non-hydrogen) atoms. The summed E-state index contributed by atoms with van der Waals surface area (Å²) in [6.07, 6.45) is 4.88. The molecule has 0 radical (unpaired) electrons. The molecule has 1 saturated heterocycles. The van der Waals surface area contributed by atoms with Gasteiger partial charge in [0.2, 0.25) is 11.8 Å². The molecule has 1 aliphatic carbocycles. The predicted octanol–water partition coefficient (Wildman–Crippen LogP) is 0.881. The summed E-state index contributed by atoms with van der Waals surface area (Å²) >= 11 is 0. The minimum absolute atomic E-state index is 0.0439. The number of hydrogen-bond donors (Lipinski definition) is 2. The molecule has 1 aromatic heterocycles. The zero-order valence-electron chi connectivity index (χ0n) is 13.5. The van der Waals surface area contributed by atoms with Crippen molar-refractivity contribution in [2.45, 2.75) is 58.0 Å². The first-order valence-corrected chi connectivity index (χ1v) is 8.41. The van der Waals surface area contributed by atoms with Crippen LogP contribution < -0.4 is 10.9 Å². The number of H-pyrrole nitrogens is 1. The third-order valence-electron chi connectivity index (χ3n) is 4.79. The minimum Gasteiger partial charge on any atom is -0.350 e. The molecule has 0 unspecified atom stereocenters. The number of aryl methyl sites for hydroxylation is 2. The summed E-state index contributed by atoms with van der Waals surface area (Å²) in [5.41, 5.74) is 2.66. The minimum atomic E-state index is -0.432. The van der Waals surface area contributed by atoms with Crippen LogP contribution in [0.15, 0.2) is 10.9 Å². The lowest BCUT2D eigenvalue weighted by Gasteiger charge is -2.25. The zero-order valence-corrected chi connectivity index (χ0v) is 13.5. The van der Waals surface area contributed by atoms with Gasteiger partial charge < -0.3 is 15.2 Å². The van der Waals surface area contributed by atoms with Crippen LogP contribution in [0.2, 0.25) is 0 Å². The molecule has 1 aromatic rings. The number of rotatable bonds is 5. The van der Waals surface area contributed by atoms with Crippen molar-refractivity contribution in [3.05, 3.63) is 33.2 Å². The first-order valence-electron chi connectivity index (χ1n) is 8.41.